The fourth-order valence-electron chi connectivity index (χ4n) is 1.14. The minimum atomic E-state index is 0.611. The van der Waals surface area contributed by atoms with E-state index in [1.54, 1.807) is 6.20 Å². The zero-order valence-electron chi connectivity index (χ0n) is 8.83. The van der Waals surface area contributed by atoms with Crippen LogP contribution in [0.25, 0.3) is 0 Å². The summed E-state index contributed by atoms with van der Waals surface area (Å²) < 4.78 is 1.93. The minimum absolute atomic E-state index is 0.611. The number of hydrogen-bond donors (Lipinski definition) is 1. The molecule has 3 nitrogen and oxygen atoms in total. The van der Waals surface area contributed by atoms with Gasteiger partial charge in [0.05, 0.1) is 11.8 Å². The van der Waals surface area contributed by atoms with Crippen LogP contribution >= 0.6 is 0 Å². The van der Waals surface area contributed by atoms with E-state index in [1.165, 1.54) is 0 Å². The van der Waals surface area contributed by atoms with Crippen LogP contribution in [0, 0.1) is 17.8 Å². The molecule has 0 bridgehead atoms. The highest BCUT2D eigenvalue weighted by Crippen LogP contribution is 2.00. The maximum Gasteiger partial charge on any atom is 0.0646 e. The van der Waals surface area contributed by atoms with E-state index in [-0.39, 0.29) is 0 Å². The number of nitrogens with two attached hydrogens (primary N) is 1. The molecule has 0 aromatic carbocycles. The Labute approximate surface area is 85.3 Å². The Kier molecular flexibility index (Phi) is 4.21. The number of hydrogen-bond acceptors (Lipinski definition) is 2. The van der Waals surface area contributed by atoms with Crippen LogP contribution in [0.4, 0.5) is 0 Å². The molecule has 1 aromatic rings. The van der Waals surface area contributed by atoms with Gasteiger partial charge in [0, 0.05) is 25.7 Å². The second-order valence-electron chi connectivity index (χ2n) is 3.69. The fourth-order valence-corrected chi connectivity index (χ4v) is 1.14. The normalized spacial score (nSPS) is 10.0. The van der Waals surface area contributed by atoms with Crippen molar-refractivity contribution in [1.29, 1.82) is 0 Å². The first-order chi connectivity index (χ1) is 6.72. The third-order valence-electron chi connectivity index (χ3n) is 1.69. The van der Waals surface area contributed by atoms with E-state index < -0.39 is 0 Å². The summed E-state index contributed by atoms with van der Waals surface area (Å²) in [6.45, 7) is 5.90. The molecule has 1 aromatic heterocycles. The van der Waals surface area contributed by atoms with Gasteiger partial charge in [-0.2, -0.15) is 5.10 Å². The number of nitrogens with zero attached hydrogens (tertiary/aromatic N) is 2. The lowest BCUT2D eigenvalue weighted by Gasteiger charge is -2.02. The fraction of sp³-hybridized carbons (Fsp3) is 0.545. The Bertz CT molecular complexity index is 328. The van der Waals surface area contributed by atoms with Crippen molar-refractivity contribution in [3.8, 4) is 11.8 Å². The monoisotopic (exact) mass is 191 g/mol. The smallest absolute Gasteiger partial charge is 0.0646 e. The molecule has 0 fully saturated rings. The van der Waals surface area contributed by atoms with Gasteiger partial charge in [-0.05, 0) is 5.92 Å². The lowest BCUT2D eigenvalue weighted by atomic mass is 10.2. The molecule has 0 unspecified atom stereocenters. The van der Waals surface area contributed by atoms with Crippen molar-refractivity contribution in [2.24, 2.45) is 11.7 Å². The van der Waals surface area contributed by atoms with Crippen LogP contribution in [0.1, 0.15) is 25.8 Å². The second kappa shape index (κ2) is 5.46. The minimum Gasteiger partial charge on any atom is -0.330 e. The topological polar surface area (TPSA) is 43.8 Å². The van der Waals surface area contributed by atoms with Gasteiger partial charge in [0.25, 0.3) is 0 Å². The number of rotatable bonds is 3. The summed E-state index contributed by atoms with van der Waals surface area (Å²) >= 11 is 0. The molecule has 0 atom stereocenters. The number of aromatic nitrogens is 2. The van der Waals surface area contributed by atoms with Gasteiger partial charge in [0.1, 0.15) is 0 Å². The first-order valence-electron chi connectivity index (χ1n) is 4.93. The van der Waals surface area contributed by atoms with E-state index in [0.29, 0.717) is 12.5 Å². The molecule has 0 aliphatic heterocycles. The van der Waals surface area contributed by atoms with E-state index in [4.69, 9.17) is 5.73 Å². The Morgan fingerprint density at radius 2 is 2.36 bits per heavy atom. The molecule has 0 saturated carbocycles. The molecular weight excluding hydrogens is 174 g/mol. The van der Waals surface area contributed by atoms with Crippen molar-refractivity contribution in [1.82, 2.24) is 9.78 Å². The largest absolute Gasteiger partial charge is 0.330 e. The molecule has 0 spiro atoms. The highest BCUT2D eigenvalue weighted by molar-refractivity contribution is 5.29. The van der Waals surface area contributed by atoms with Gasteiger partial charge in [0.2, 0.25) is 0 Å². The van der Waals surface area contributed by atoms with Gasteiger partial charge in [-0.3, -0.25) is 4.68 Å². The standard InChI is InChI=1S/C11H17N3/c1-10(2)8-14-9-11(7-13-14)5-3-4-6-12/h7,9-10H,4,6,8,12H2,1-2H3. The molecule has 3 heteroatoms. The maximum absolute atomic E-state index is 5.34. The van der Waals surface area contributed by atoms with E-state index >= 15 is 0 Å². The zero-order valence-corrected chi connectivity index (χ0v) is 8.83. The summed E-state index contributed by atoms with van der Waals surface area (Å²) in [5.74, 6) is 6.63. The van der Waals surface area contributed by atoms with Crippen molar-refractivity contribution in [2.45, 2.75) is 26.8 Å². The van der Waals surface area contributed by atoms with Gasteiger partial charge in [-0.25, -0.2) is 0 Å². The van der Waals surface area contributed by atoms with E-state index in [2.05, 4.69) is 30.8 Å². The molecule has 0 saturated heterocycles. The molecule has 14 heavy (non-hydrogen) atoms. The molecule has 1 heterocycles. The Hall–Kier alpha value is -1.27. The molecular formula is C11H17N3. The lowest BCUT2D eigenvalue weighted by Crippen LogP contribution is -2.03. The van der Waals surface area contributed by atoms with Gasteiger partial charge in [-0.1, -0.05) is 25.7 Å². The average Bonchev–Trinajstić information content (AvgIpc) is 2.52. The Morgan fingerprint density at radius 3 is 3.00 bits per heavy atom. The summed E-state index contributed by atoms with van der Waals surface area (Å²) in [5, 5.41) is 4.22. The van der Waals surface area contributed by atoms with Gasteiger partial charge in [-0.15, -0.1) is 0 Å². The maximum atomic E-state index is 5.34. The molecule has 2 N–H and O–H groups in total. The summed E-state index contributed by atoms with van der Waals surface area (Å²) in [5.41, 5.74) is 6.31. The van der Waals surface area contributed by atoms with E-state index in [9.17, 15) is 0 Å². The Balaban J connectivity index is 2.56. The summed E-state index contributed by atoms with van der Waals surface area (Å²) in [6.07, 6.45) is 4.52. The van der Waals surface area contributed by atoms with Crippen LogP contribution in [0.5, 0.6) is 0 Å². The van der Waals surface area contributed by atoms with E-state index in [1.807, 2.05) is 10.9 Å². The third kappa shape index (κ3) is 3.63. The predicted octanol–water partition coefficient (Wildman–Crippen LogP) is 1.24. The highest BCUT2D eigenvalue weighted by Gasteiger charge is 1.97. The van der Waals surface area contributed by atoms with Gasteiger partial charge in [0.15, 0.2) is 0 Å². The van der Waals surface area contributed by atoms with Crippen molar-refractivity contribution < 1.29 is 0 Å². The molecule has 76 valence electrons. The third-order valence-corrected chi connectivity index (χ3v) is 1.69. The van der Waals surface area contributed by atoms with Crippen molar-refractivity contribution in [2.75, 3.05) is 6.54 Å². The highest BCUT2D eigenvalue weighted by atomic mass is 15.3. The lowest BCUT2D eigenvalue weighted by molar-refractivity contribution is 0.483. The molecule has 0 aliphatic rings. The summed E-state index contributed by atoms with van der Waals surface area (Å²) in [4.78, 5) is 0. The Morgan fingerprint density at radius 1 is 1.57 bits per heavy atom. The summed E-state index contributed by atoms with van der Waals surface area (Å²) in [6, 6.07) is 0. The quantitative estimate of drug-likeness (QED) is 0.730. The van der Waals surface area contributed by atoms with Gasteiger partial charge >= 0.3 is 0 Å². The van der Waals surface area contributed by atoms with Crippen molar-refractivity contribution >= 4 is 0 Å². The molecule has 0 radical (unpaired) electrons. The second-order valence-corrected chi connectivity index (χ2v) is 3.69. The molecule has 1 rings (SSSR count). The van der Waals surface area contributed by atoms with Crippen molar-refractivity contribution in [3.63, 3.8) is 0 Å². The average molecular weight is 191 g/mol. The molecule has 0 aliphatic carbocycles. The predicted molar refractivity (Wildman–Crippen MR) is 57.6 cm³/mol. The van der Waals surface area contributed by atoms with Crippen LogP contribution in [-0.2, 0) is 6.54 Å². The summed E-state index contributed by atoms with van der Waals surface area (Å²) in [7, 11) is 0. The first-order valence-corrected chi connectivity index (χ1v) is 4.93. The van der Waals surface area contributed by atoms with E-state index in [0.717, 1.165) is 18.5 Å². The van der Waals surface area contributed by atoms with Crippen LogP contribution in [-0.4, -0.2) is 16.3 Å². The van der Waals surface area contributed by atoms with Crippen LogP contribution in [0.3, 0.4) is 0 Å². The van der Waals surface area contributed by atoms with Crippen molar-refractivity contribution in [3.05, 3.63) is 18.0 Å². The van der Waals surface area contributed by atoms with Crippen LogP contribution < -0.4 is 5.73 Å². The van der Waals surface area contributed by atoms with Crippen LogP contribution in [0.15, 0.2) is 12.4 Å². The SMILES string of the molecule is CC(C)Cn1cc(C#CCCN)cn1. The first kappa shape index (κ1) is 10.8. The molecule has 0 amide bonds. The zero-order chi connectivity index (χ0) is 10.4. The van der Waals surface area contributed by atoms with Gasteiger partial charge < -0.3 is 5.73 Å². The van der Waals surface area contributed by atoms with Crippen LogP contribution in [0.2, 0.25) is 0 Å².